The summed E-state index contributed by atoms with van der Waals surface area (Å²) in [6.45, 7) is 6.95. The first-order valence-electron chi connectivity index (χ1n) is 12.6. The van der Waals surface area contributed by atoms with Crippen LogP contribution in [0.5, 0.6) is 11.5 Å². The van der Waals surface area contributed by atoms with Crippen molar-refractivity contribution in [3.63, 3.8) is 0 Å². The third-order valence-electron chi connectivity index (χ3n) is 7.90. The molecule has 3 fully saturated rings. The highest BCUT2D eigenvalue weighted by Gasteiger charge is 2.59. The van der Waals surface area contributed by atoms with Gasteiger partial charge >= 0.3 is 17.9 Å². The first kappa shape index (κ1) is 29.6. The van der Waals surface area contributed by atoms with Crippen molar-refractivity contribution in [1.82, 2.24) is 0 Å². The Kier molecular flexibility index (Phi) is 8.67. The molecule has 3 aliphatic rings. The smallest absolute Gasteiger partial charge is 0.336 e. The van der Waals surface area contributed by atoms with E-state index in [9.17, 15) is 34.4 Å². The number of carbonyl (C=O) groups is 4. The molecular weight excluding hydrogens is 514 g/mol. The first-order chi connectivity index (χ1) is 18.2. The van der Waals surface area contributed by atoms with Crippen molar-refractivity contribution in [3.05, 3.63) is 45.5 Å². The number of rotatable bonds is 12. The van der Waals surface area contributed by atoms with Crippen LogP contribution < -0.4 is 4.74 Å². The molecule has 3 aliphatic carbocycles. The predicted molar refractivity (Wildman–Crippen MR) is 134 cm³/mol. The molecule has 0 amide bonds. The van der Waals surface area contributed by atoms with Crippen LogP contribution in [0.2, 0.25) is 0 Å². The number of hydrogen-bond donors (Lipinski definition) is 2. The monoisotopic (exact) mass is 547 g/mol. The SMILES string of the molecule is CC(C)(C(=O)OCCCCO[N+](=O)[O-])c1cc(O)c([C@@H]2CC(=O)[C@@H]3C[C@H]2C3(C)C)c(OC(=O)/C=C/C(=O)O)c1. The number of carbonyl (C=O) groups excluding carboxylic acids is 3. The number of esters is 2. The van der Waals surface area contributed by atoms with Crippen molar-refractivity contribution in [2.45, 2.75) is 64.7 Å². The van der Waals surface area contributed by atoms with Gasteiger partial charge in [0, 0.05) is 36.0 Å². The standard InChI is InChI=1S/C27H33NO11/c1-26(2,25(34)37-9-5-6-10-38-28(35)36)15-11-20(30)24(21(12-15)39-23(33)8-7-22(31)32)16-13-19(29)18-14-17(16)27(18,3)4/h7-8,11-12,16-18,30H,5-6,9-10,13-14H2,1-4H3,(H,31,32)/b8-7+/t16-,17-,18+/m1/s1. The number of unbranched alkanes of at least 4 members (excludes halogenated alkanes) is 1. The molecule has 0 radical (unpaired) electrons. The Hall–Kier alpha value is -3.96. The summed E-state index contributed by atoms with van der Waals surface area (Å²) in [7, 11) is 0. The number of fused-ring (bicyclic) bond motifs is 2. The fraction of sp³-hybridized carbons (Fsp3) is 0.556. The molecule has 4 rings (SSSR count). The molecule has 1 aromatic rings. The number of ether oxygens (including phenoxy) is 2. The quantitative estimate of drug-likeness (QED) is 0.0977. The van der Waals surface area contributed by atoms with Crippen molar-refractivity contribution < 1.29 is 48.8 Å². The van der Waals surface area contributed by atoms with Gasteiger partial charge < -0.3 is 24.5 Å². The third-order valence-corrected chi connectivity index (χ3v) is 7.90. The van der Waals surface area contributed by atoms with Crippen molar-refractivity contribution in [1.29, 1.82) is 0 Å². The van der Waals surface area contributed by atoms with Crippen molar-refractivity contribution in [2.24, 2.45) is 17.3 Å². The average molecular weight is 548 g/mol. The van der Waals surface area contributed by atoms with E-state index in [2.05, 4.69) is 4.84 Å². The fourth-order valence-electron chi connectivity index (χ4n) is 5.51. The maximum absolute atomic E-state index is 12.9. The molecule has 0 heterocycles. The number of Topliss-reactive ketones (excluding diaryl/α,β-unsaturated/α-hetero) is 1. The summed E-state index contributed by atoms with van der Waals surface area (Å²) < 4.78 is 10.8. The molecule has 39 heavy (non-hydrogen) atoms. The van der Waals surface area contributed by atoms with E-state index in [1.807, 2.05) is 13.8 Å². The number of carboxylic acids is 1. The number of phenolic OH excluding ortho intramolecular Hbond substituents is 1. The molecule has 1 aromatic carbocycles. The lowest BCUT2D eigenvalue weighted by Crippen LogP contribution is -2.56. The minimum absolute atomic E-state index is 0.0165. The van der Waals surface area contributed by atoms with E-state index >= 15 is 0 Å². The van der Waals surface area contributed by atoms with Gasteiger partial charge in [0.2, 0.25) is 0 Å². The Bertz CT molecular complexity index is 1200. The van der Waals surface area contributed by atoms with Crippen LogP contribution >= 0.6 is 0 Å². The van der Waals surface area contributed by atoms with Gasteiger partial charge in [-0.1, -0.05) is 13.8 Å². The molecule has 0 aliphatic heterocycles. The van der Waals surface area contributed by atoms with Gasteiger partial charge in [-0.15, -0.1) is 10.1 Å². The lowest BCUT2D eigenvalue weighted by Gasteiger charge is -2.59. The Morgan fingerprint density at radius 1 is 1.18 bits per heavy atom. The van der Waals surface area contributed by atoms with Crippen LogP contribution in [-0.2, 0) is 34.2 Å². The summed E-state index contributed by atoms with van der Waals surface area (Å²) in [6, 6.07) is 2.81. The zero-order valence-electron chi connectivity index (χ0n) is 22.3. The number of ketones is 1. The topological polar surface area (TPSA) is 180 Å². The normalized spacial score (nSPS) is 21.6. The molecule has 3 atom stereocenters. The second-order valence-corrected chi connectivity index (χ2v) is 11.0. The minimum atomic E-state index is -1.35. The largest absolute Gasteiger partial charge is 0.508 e. The summed E-state index contributed by atoms with van der Waals surface area (Å²) in [5, 5.41) is 29.3. The van der Waals surface area contributed by atoms with E-state index in [-0.39, 0.29) is 65.3 Å². The number of hydrogen-bond acceptors (Lipinski definition) is 10. The second-order valence-electron chi connectivity index (χ2n) is 11.0. The Morgan fingerprint density at radius 3 is 2.44 bits per heavy atom. The highest BCUT2D eigenvalue weighted by molar-refractivity contribution is 5.92. The Labute approximate surface area is 225 Å². The predicted octanol–water partition coefficient (Wildman–Crippen LogP) is 3.47. The molecule has 0 saturated heterocycles. The van der Waals surface area contributed by atoms with E-state index in [0.717, 1.165) is 6.08 Å². The molecule has 0 unspecified atom stereocenters. The van der Waals surface area contributed by atoms with Gasteiger partial charge in [0.15, 0.2) is 0 Å². The molecule has 3 saturated carbocycles. The van der Waals surface area contributed by atoms with Crippen LogP contribution in [0.3, 0.4) is 0 Å². The van der Waals surface area contributed by atoms with Crippen LogP contribution in [0.1, 0.15) is 70.4 Å². The first-order valence-corrected chi connectivity index (χ1v) is 12.6. The minimum Gasteiger partial charge on any atom is -0.508 e. The number of aromatic hydroxyl groups is 1. The van der Waals surface area contributed by atoms with E-state index < -0.39 is 34.3 Å². The molecular formula is C27H33NO11. The van der Waals surface area contributed by atoms with Gasteiger partial charge in [0.05, 0.1) is 18.6 Å². The number of nitrogens with zero attached hydrogens (tertiary/aromatic N) is 1. The molecule has 2 bridgehead atoms. The zero-order chi connectivity index (χ0) is 29.1. The van der Waals surface area contributed by atoms with Gasteiger partial charge in [0.25, 0.3) is 5.09 Å². The van der Waals surface area contributed by atoms with E-state index in [0.29, 0.717) is 25.3 Å². The second kappa shape index (κ2) is 11.4. The van der Waals surface area contributed by atoms with Gasteiger partial charge in [-0.05, 0) is 62.1 Å². The van der Waals surface area contributed by atoms with Gasteiger partial charge in [-0.3, -0.25) is 9.59 Å². The maximum Gasteiger partial charge on any atom is 0.336 e. The fourth-order valence-corrected chi connectivity index (χ4v) is 5.51. The van der Waals surface area contributed by atoms with E-state index in [1.165, 1.54) is 12.1 Å². The average Bonchev–Trinajstić information content (AvgIpc) is 2.83. The van der Waals surface area contributed by atoms with Crippen LogP contribution in [-0.4, -0.2) is 52.2 Å². The molecule has 0 spiro atoms. The summed E-state index contributed by atoms with van der Waals surface area (Å²) >= 11 is 0. The van der Waals surface area contributed by atoms with Crippen LogP contribution in [0.15, 0.2) is 24.3 Å². The summed E-state index contributed by atoms with van der Waals surface area (Å²) in [4.78, 5) is 63.5. The van der Waals surface area contributed by atoms with E-state index in [1.54, 1.807) is 13.8 Å². The van der Waals surface area contributed by atoms with Gasteiger partial charge in [-0.25, -0.2) is 9.59 Å². The molecule has 0 aromatic heterocycles. The third kappa shape index (κ3) is 6.37. The van der Waals surface area contributed by atoms with Crippen LogP contribution in [0.4, 0.5) is 0 Å². The summed E-state index contributed by atoms with van der Waals surface area (Å²) in [5.74, 6) is -3.72. The molecule has 12 heteroatoms. The number of aliphatic carboxylic acids is 1. The highest BCUT2D eigenvalue weighted by atomic mass is 16.9. The zero-order valence-corrected chi connectivity index (χ0v) is 22.3. The summed E-state index contributed by atoms with van der Waals surface area (Å²) in [6.07, 6.45) is 2.78. The maximum atomic E-state index is 12.9. The molecule has 12 nitrogen and oxygen atoms in total. The molecule has 2 N–H and O–H groups in total. The number of phenols is 1. The van der Waals surface area contributed by atoms with Crippen LogP contribution in [0, 0.1) is 27.4 Å². The van der Waals surface area contributed by atoms with Gasteiger partial charge in [-0.2, -0.15) is 0 Å². The Morgan fingerprint density at radius 2 is 1.85 bits per heavy atom. The van der Waals surface area contributed by atoms with Crippen LogP contribution in [0.25, 0.3) is 0 Å². The lowest BCUT2D eigenvalue weighted by molar-refractivity contribution is -0.757. The summed E-state index contributed by atoms with van der Waals surface area (Å²) in [5.41, 5.74) is -1.09. The number of benzene rings is 1. The van der Waals surface area contributed by atoms with Crippen molar-refractivity contribution in [3.8, 4) is 11.5 Å². The van der Waals surface area contributed by atoms with Crippen molar-refractivity contribution in [2.75, 3.05) is 13.2 Å². The molecule has 212 valence electrons. The Balaban J connectivity index is 1.89. The number of carboxylic acid groups (broad SMARTS) is 1. The van der Waals surface area contributed by atoms with Crippen molar-refractivity contribution >= 4 is 23.7 Å². The lowest BCUT2D eigenvalue weighted by atomic mass is 9.44. The van der Waals surface area contributed by atoms with E-state index in [4.69, 9.17) is 14.6 Å². The highest BCUT2D eigenvalue weighted by Crippen LogP contribution is 2.64. The van der Waals surface area contributed by atoms with Gasteiger partial charge in [0.1, 0.15) is 17.3 Å².